The first-order chi connectivity index (χ1) is 6.08. The monoisotopic (exact) mass is 174 g/mol. The Morgan fingerprint density at radius 1 is 1.46 bits per heavy atom. The molecule has 2 saturated carbocycles. The summed E-state index contributed by atoms with van der Waals surface area (Å²) < 4.78 is 0. The van der Waals surface area contributed by atoms with Gasteiger partial charge in [0.05, 0.1) is 0 Å². The Hall–Kier alpha value is -0.780. The Morgan fingerprint density at radius 2 is 2.15 bits per heavy atom. The van der Waals surface area contributed by atoms with Gasteiger partial charge in [0.25, 0.3) is 0 Å². The van der Waals surface area contributed by atoms with E-state index in [2.05, 4.69) is 32.7 Å². The van der Waals surface area contributed by atoms with Gasteiger partial charge in [-0.2, -0.15) is 0 Å². The second-order valence-electron chi connectivity index (χ2n) is 4.87. The van der Waals surface area contributed by atoms with Crippen LogP contribution in [0, 0.1) is 17.3 Å². The highest BCUT2D eigenvalue weighted by Gasteiger charge is 2.49. The zero-order chi connectivity index (χ0) is 9.64. The fourth-order valence-electron chi connectivity index (χ4n) is 3.24. The highest BCUT2D eigenvalue weighted by molar-refractivity contribution is 5.34. The molecule has 2 aliphatic carbocycles. The van der Waals surface area contributed by atoms with Gasteiger partial charge in [-0.1, -0.05) is 37.3 Å². The molecule has 0 radical (unpaired) electrons. The molecule has 13 heavy (non-hydrogen) atoms. The molecule has 0 saturated heterocycles. The van der Waals surface area contributed by atoms with Crippen LogP contribution in [-0.4, -0.2) is 0 Å². The number of hydrogen-bond donors (Lipinski definition) is 0. The molecule has 0 amide bonds. The van der Waals surface area contributed by atoms with Crippen LogP contribution in [0.1, 0.15) is 26.2 Å². The standard InChI is InChI=1S/C13H18/c1-5-11-8-13(4)7-6-9(2)12(13)10(11)3/h5,11-12H,1-3,6-8H2,4H3/t11?,12-,13+/m1/s1. The minimum atomic E-state index is 0.451. The van der Waals surface area contributed by atoms with Crippen LogP contribution in [0.5, 0.6) is 0 Å². The van der Waals surface area contributed by atoms with Crippen LogP contribution >= 0.6 is 0 Å². The molecule has 0 heterocycles. The van der Waals surface area contributed by atoms with E-state index in [0.29, 0.717) is 17.3 Å². The minimum Gasteiger partial charge on any atom is -0.102 e. The molecule has 1 unspecified atom stereocenters. The van der Waals surface area contributed by atoms with Crippen molar-refractivity contribution in [1.82, 2.24) is 0 Å². The van der Waals surface area contributed by atoms with Gasteiger partial charge in [0.2, 0.25) is 0 Å². The van der Waals surface area contributed by atoms with Crippen molar-refractivity contribution in [3.63, 3.8) is 0 Å². The molecular weight excluding hydrogens is 156 g/mol. The van der Waals surface area contributed by atoms with Gasteiger partial charge in [-0.15, -0.1) is 6.58 Å². The lowest BCUT2D eigenvalue weighted by molar-refractivity contribution is 0.298. The van der Waals surface area contributed by atoms with Crippen molar-refractivity contribution in [2.45, 2.75) is 26.2 Å². The predicted molar refractivity (Wildman–Crippen MR) is 57.4 cm³/mol. The van der Waals surface area contributed by atoms with Gasteiger partial charge in [0.15, 0.2) is 0 Å². The molecule has 2 rings (SSSR count). The van der Waals surface area contributed by atoms with Gasteiger partial charge < -0.3 is 0 Å². The minimum absolute atomic E-state index is 0.451. The van der Waals surface area contributed by atoms with Crippen molar-refractivity contribution in [3.05, 3.63) is 37.0 Å². The number of allylic oxidation sites excluding steroid dienone is 3. The smallest absolute Gasteiger partial charge is 0.00617 e. The zero-order valence-corrected chi connectivity index (χ0v) is 8.47. The predicted octanol–water partition coefficient (Wildman–Crippen LogP) is 3.72. The Labute approximate surface area is 81.0 Å². The Morgan fingerprint density at radius 3 is 2.69 bits per heavy atom. The van der Waals surface area contributed by atoms with Gasteiger partial charge in [-0.3, -0.25) is 0 Å². The highest BCUT2D eigenvalue weighted by atomic mass is 14.5. The third kappa shape index (κ3) is 1.04. The van der Waals surface area contributed by atoms with Crippen molar-refractivity contribution in [1.29, 1.82) is 0 Å². The molecule has 0 aromatic carbocycles. The largest absolute Gasteiger partial charge is 0.102 e. The lowest BCUT2D eigenvalue weighted by atomic mass is 9.81. The summed E-state index contributed by atoms with van der Waals surface area (Å²) in [5, 5.41) is 0. The maximum atomic E-state index is 4.21. The van der Waals surface area contributed by atoms with E-state index in [1.807, 2.05) is 0 Å². The Kier molecular flexibility index (Phi) is 1.76. The van der Waals surface area contributed by atoms with E-state index in [0.717, 1.165) is 0 Å². The number of fused-ring (bicyclic) bond motifs is 1. The summed E-state index contributed by atoms with van der Waals surface area (Å²) in [6, 6.07) is 0. The van der Waals surface area contributed by atoms with E-state index in [1.165, 1.54) is 30.4 Å². The zero-order valence-electron chi connectivity index (χ0n) is 8.47. The van der Waals surface area contributed by atoms with Crippen molar-refractivity contribution >= 4 is 0 Å². The molecule has 0 aromatic heterocycles. The Bertz CT molecular complexity index is 284. The van der Waals surface area contributed by atoms with Crippen LogP contribution < -0.4 is 0 Å². The molecular formula is C13H18. The van der Waals surface area contributed by atoms with Crippen LogP contribution in [0.25, 0.3) is 0 Å². The number of hydrogen-bond acceptors (Lipinski definition) is 0. The number of rotatable bonds is 1. The summed E-state index contributed by atoms with van der Waals surface area (Å²) in [4.78, 5) is 0. The first-order valence-corrected chi connectivity index (χ1v) is 5.07. The maximum absolute atomic E-state index is 4.21. The first-order valence-electron chi connectivity index (χ1n) is 5.07. The summed E-state index contributed by atoms with van der Waals surface area (Å²) in [7, 11) is 0. The van der Waals surface area contributed by atoms with Crippen LogP contribution in [0.4, 0.5) is 0 Å². The molecule has 0 aliphatic heterocycles. The summed E-state index contributed by atoms with van der Waals surface area (Å²) in [6.07, 6.45) is 5.78. The van der Waals surface area contributed by atoms with E-state index in [-0.39, 0.29) is 0 Å². The van der Waals surface area contributed by atoms with Crippen LogP contribution in [-0.2, 0) is 0 Å². The molecule has 0 N–H and O–H groups in total. The maximum Gasteiger partial charge on any atom is 0.00617 e. The normalized spacial score (nSPS) is 43.8. The van der Waals surface area contributed by atoms with E-state index < -0.39 is 0 Å². The van der Waals surface area contributed by atoms with Gasteiger partial charge in [-0.05, 0) is 30.6 Å². The molecule has 2 fully saturated rings. The average Bonchev–Trinajstić information content (AvgIpc) is 2.50. The molecule has 0 aromatic rings. The van der Waals surface area contributed by atoms with E-state index in [4.69, 9.17) is 0 Å². The summed E-state index contributed by atoms with van der Waals surface area (Å²) in [6.45, 7) is 14.6. The summed E-state index contributed by atoms with van der Waals surface area (Å²) in [5.41, 5.74) is 3.21. The topological polar surface area (TPSA) is 0 Å². The third-order valence-corrected chi connectivity index (χ3v) is 3.94. The molecule has 0 spiro atoms. The summed E-state index contributed by atoms with van der Waals surface area (Å²) in [5.74, 6) is 1.11. The lowest BCUT2D eigenvalue weighted by Crippen LogP contribution is -2.15. The fourth-order valence-corrected chi connectivity index (χ4v) is 3.24. The quantitative estimate of drug-likeness (QED) is 0.531. The average molecular weight is 174 g/mol. The van der Waals surface area contributed by atoms with Crippen LogP contribution in [0.2, 0.25) is 0 Å². The van der Waals surface area contributed by atoms with Gasteiger partial charge in [-0.25, -0.2) is 0 Å². The molecule has 2 aliphatic rings. The Balaban J connectivity index is 2.36. The lowest BCUT2D eigenvalue weighted by Gasteiger charge is -2.23. The van der Waals surface area contributed by atoms with Gasteiger partial charge in [0.1, 0.15) is 0 Å². The third-order valence-electron chi connectivity index (χ3n) is 3.94. The van der Waals surface area contributed by atoms with Gasteiger partial charge >= 0.3 is 0 Å². The van der Waals surface area contributed by atoms with E-state index >= 15 is 0 Å². The SMILES string of the molecule is C=CC1C[C@]2(C)CCC(=C)[C@@H]2C1=C. The molecule has 0 bridgehead atoms. The fraction of sp³-hybridized carbons (Fsp3) is 0.538. The van der Waals surface area contributed by atoms with Gasteiger partial charge in [0, 0.05) is 5.92 Å². The van der Waals surface area contributed by atoms with E-state index in [9.17, 15) is 0 Å². The van der Waals surface area contributed by atoms with Crippen LogP contribution in [0.15, 0.2) is 37.0 Å². The van der Waals surface area contributed by atoms with Crippen molar-refractivity contribution in [2.24, 2.45) is 17.3 Å². The van der Waals surface area contributed by atoms with Crippen molar-refractivity contribution in [2.75, 3.05) is 0 Å². The van der Waals surface area contributed by atoms with Crippen molar-refractivity contribution in [3.8, 4) is 0 Å². The molecule has 0 nitrogen and oxygen atoms in total. The van der Waals surface area contributed by atoms with Crippen molar-refractivity contribution < 1.29 is 0 Å². The first kappa shape index (κ1) is 8.80. The second kappa shape index (κ2) is 2.60. The van der Waals surface area contributed by atoms with E-state index in [1.54, 1.807) is 0 Å². The molecule has 70 valence electrons. The molecule has 0 heteroatoms. The second-order valence-corrected chi connectivity index (χ2v) is 4.87. The van der Waals surface area contributed by atoms with Crippen LogP contribution in [0.3, 0.4) is 0 Å². The molecule has 3 atom stereocenters. The summed E-state index contributed by atoms with van der Waals surface area (Å²) >= 11 is 0. The highest BCUT2D eigenvalue weighted by Crippen LogP contribution is 2.60.